The second kappa shape index (κ2) is 9.61. The fraction of sp³-hybridized carbons (Fsp3) is 0.824. The Morgan fingerprint density at radius 3 is 3.08 bits per heavy atom. The second-order valence-corrected chi connectivity index (χ2v) is 6.77. The van der Waals surface area contributed by atoms with Gasteiger partial charge in [0.2, 0.25) is 5.89 Å². The molecule has 7 heteroatoms. The second-order valence-electron chi connectivity index (χ2n) is 6.77. The Bertz CT molecular complexity index is 504. The molecule has 2 amide bonds. The average molecular weight is 338 g/mol. The van der Waals surface area contributed by atoms with Crippen LogP contribution in [0.4, 0.5) is 4.79 Å². The van der Waals surface area contributed by atoms with Crippen LogP contribution in [0.5, 0.6) is 0 Å². The van der Waals surface area contributed by atoms with E-state index in [1.54, 1.807) is 0 Å². The highest BCUT2D eigenvalue weighted by molar-refractivity contribution is 5.74. The van der Waals surface area contributed by atoms with Crippen molar-refractivity contribution < 1.29 is 14.1 Å². The smallest absolute Gasteiger partial charge is 0.317 e. The van der Waals surface area contributed by atoms with Crippen LogP contribution in [-0.2, 0) is 17.6 Å². The number of carbonyl (C=O) groups excluding carboxylic acids is 1. The molecule has 1 N–H and O–H groups in total. The highest BCUT2D eigenvalue weighted by Crippen LogP contribution is 2.14. The SMILES string of the molecule is CCCNC(=O)N1CCCC(OCCc2noc(CC(C)C)n2)C1. The summed E-state index contributed by atoms with van der Waals surface area (Å²) < 4.78 is 11.1. The molecule has 24 heavy (non-hydrogen) atoms. The molecular weight excluding hydrogens is 308 g/mol. The maximum Gasteiger partial charge on any atom is 0.317 e. The summed E-state index contributed by atoms with van der Waals surface area (Å²) in [5, 5.41) is 6.91. The Morgan fingerprint density at radius 2 is 2.33 bits per heavy atom. The van der Waals surface area contributed by atoms with Crippen molar-refractivity contribution in [2.24, 2.45) is 5.92 Å². The van der Waals surface area contributed by atoms with Crippen LogP contribution in [-0.4, -0.2) is 53.4 Å². The van der Waals surface area contributed by atoms with E-state index in [4.69, 9.17) is 9.26 Å². The molecule has 0 saturated carbocycles. The van der Waals surface area contributed by atoms with Gasteiger partial charge in [0.15, 0.2) is 5.82 Å². The highest BCUT2D eigenvalue weighted by atomic mass is 16.5. The lowest BCUT2D eigenvalue weighted by molar-refractivity contribution is 0.0106. The molecule has 1 atom stereocenters. The normalized spacial score (nSPS) is 18.2. The Hall–Kier alpha value is -1.63. The summed E-state index contributed by atoms with van der Waals surface area (Å²) in [7, 11) is 0. The number of amides is 2. The van der Waals surface area contributed by atoms with Crippen LogP contribution in [0.3, 0.4) is 0 Å². The average Bonchev–Trinajstić information content (AvgIpc) is 2.99. The zero-order chi connectivity index (χ0) is 17.4. The fourth-order valence-electron chi connectivity index (χ4n) is 2.74. The topological polar surface area (TPSA) is 80.5 Å². The van der Waals surface area contributed by atoms with Gasteiger partial charge in [0.25, 0.3) is 0 Å². The van der Waals surface area contributed by atoms with Crippen LogP contribution >= 0.6 is 0 Å². The van der Waals surface area contributed by atoms with Crippen molar-refractivity contribution in [3.05, 3.63) is 11.7 Å². The first-order chi connectivity index (χ1) is 11.6. The number of likely N-dealkylation sites (tertiary alicyclic amines) is 1. The molecule has 1 aliphatic rings. The van der Waals surface area contributed by atoms with Gasteiger partial charge in [-0.1, -0.05) is 25.9 Å². The molecule has 0 aromatic carbocycles. The van der Waals surface area contributed by atoms with Gasteiger partial charge in [-0.25, -0.2) is 4.79 Å². The van der Waals surface area contributed by atoms with Crippen molar-refractivity contribution in [2.45, 2.75) is 59.0 Å². The van der Waals surface area contributed by atoms with Gasteiger partial charge in [-0.05, 0) is 25.2 Å². The van der Waals surface area contributed by atoms with E-state index in [1.807, 2.05) is 11.8 Å². The summed E-state index contributed by atoms with van der Waals surface area (Å²) in [5.74, 6) is 1.89. The molecule has 0 radical (unpaired) electrons. The third-order valence-corrected chi connectivity index (χ3v) is 3.96. The molecule has 2 heterocycles. The standard InChI is InChI=1S/C17H30N4O3/c1-4-8-18-17(22)21-9-5-6-14(12-21)23-10-7-15-19-16(24-20-15)11-13(2)3/h13-14H,4-12H2,1-3H3,(H,18,22). The Morgan fingerprint density at radius 1 is 1.50 bits per heavy atom. The van der Waals surface area contributed by atoms with Crippen molar-refractivity contribution in [3.8, 4) is 0 Å². The summed E-state index contributed by atoms with van der Waals surface area (Å²) in [5.41, 5.74) is 0. The predicted molar refractivity (Wildman–Crippen MR) is 90.8 cm³/mol. The number of carbonyl (C=O) groups is 1. The van der Waals surface area contributed by atoms with Crippen LogP contribution in [0.15, 0.2) is 4.52 Å². The van der Waals surface area contributed by atoms with Crippen molar-refractivity contribution in [1.82, 2.24) is 20.4 Å². The number of hydrogen-bond acceptors (Lipinski definition) is 5. The Kier molecular flexibility index (Phi) is 7.49. The van der Waals surface area contributed by atoms with Crippen LogP contribution in [0.2, 0.25) is 0 Å². The van der Waals surface area contributed by atoms with Gasteiger partial charge in [0.05, 0.1) is 12.7 Å². The molecular formula is C17H30N4O3. The predicted octanol–water partition coefficient (Wildman–Crippen LogP) is 2.41. The summed E-state index contributed by atoms with van der Waals surface area (Å²) in [6.07, 6.45) is 4.45. The van der Waals surface area contributed by atoms with Crippen molar-refractivity contribution in [3.63, 3.8) is 0 Å². The number of aromatic nitrogens is 2. The molecule has 1 saturated heterocycles. The monoisotopic (exact) mass is 338 g/mol. The van der Waals surface area contributed by atoms with Crippen molar-refractivity contribution >= 4 is 6.03 Å². The van der Waals surface area contributed by atoms with E-state index in [0.717, 1.165) is 38.8 Å². The number of piperidine rings is 1. The lowest BCUT2D eigenvalue weighted by Gasteiger charge is -2.32. The lowest BCUT2D eigenvalue weighted by atomic mass is 10.1. The van der Waals surface area contributed by atoms with E-state index >= 15 is 0 Å². The van der Waals surface area contributed by atoms with E-state index in [0.29, 0.717) is 37.2 Å². The lowest BCUT2D eigenvalue weighted by Crippen LogP contribution is -2.48. The summed E-state index contributed by atoms with van der Waals surface area (Å²) in [6, 6.07) is 0.0154. The van der Waals surface area contributed by atoms with Gasteiger partial charge in [-0.2, -0.15) is 4.98 Å². The first kappa shape index (κ1) is 18.7. The van der Waals surface area contributed by atoms with Gasteiger partial charge in [0, 0.05) is 32.5 Å². The third kappa shape index (κ3) is 6.11. The summed E-state index contributed by atoms with van der Waals surface area (Å²) in [4.78, 5) is 18.2. The largest absolute Gasteiger partial charge is 0.376 e. The highest BCUT2D eigenvalue weighted by Gasteiger charge is 2.23. The number of nitrogens with zero attached hydrogens (tertiary/aromatic N) is 3. The first-order valence-corrected chi connectivity index (χ1v) is 9.04. The van der Waals surface area contributed by atoms with Gasteiger partial charge in [-0.3, -0.25) is 0 Å². The number of urea groups is 1. The molecule has 1 aromatic rings. The minimum Gasteiger partial charge on any atom is -0.376 e. The fourth-order valence-corrected chi connectivity index (χ4v) is 2.74. The van der Waals surface area contributed by atoms with Gasteiger partial charge >= 0.3 is 6.03 Å². The minimum atomic E-state index is 0.0154. The Labute approximate surface area is 144 Å². The van der Waals surface area contributed by atoms with Crippen molar-refractivity contribution in [2.75, 3.05) is 26.2 Å². The Balaban J connectivity index is 1.70. The van der Waals surface area contributed by atoms with Crippen LogP contribution in [0.1, 0.15) is 51.7 Å². The molecule has 1 unspecified atom stereocenters. The molecule has 2 rings (SSSR count). The van der Waals surface area contributed by atoms with Crippen LogP contribution in [0.25, 0.3) is 0 Å². The molecule has 0 aliphatic carbocycles. The molecule has 0 spiro atoms. The quantitative estimate of drug-likeness (QED) is 0.787. The summed E-state index contributed by atoms with van der Waals surface area (Å²) in [6.45, 7) is 9.02. The zero-order valence-corrected chi connectivity index (χ0v) is 15.1. The number of hydrogen-bond donors (Lipinski definition) is 1. The number of rotatable bonds is 8. The maximum absolute atomic E-state index is 12.0. The van der Waals surface area contributed by atoms with E-state index in [1.165, 1.54) is 0 Å². The van der Waals surface area contributed by atoms with Gasteiger partial charge < -0.3 is 19.5 Å². The van der Waals surface area contributed by atoms with E-state index in [2.05, 4.69) is 29.3 Å². The molecule has 1 fully saturated rings. The summed E-state index contributed by atoms with van der Waals surface area (Å²) >= 11 is 0. The van der Waals surface area contributed by atoms with Crippen molar-refractivity contribution in [1.29, 1.82) is 0 Å². The first-order valence-electron chi connectivity index (χ1n) is 9.04. The molecule has 1 aromatic heterocycles. The van der Waals surface area contributed by atoms with Gasteiger partial charge in [-0.15, -0.1) is 0 Å². The van der Waals surface area contributed by atoms with Gasteiger partial charge in [0.1, 0.15) is 0 Å². The van der Waals surface area contributed by atoms with E-state index in [-0.39, 0.29) is 12.1 Å². The molecule has 136 valence electrons. The molecule has 7 nitrogen and oxygen atoms in total. The van der Waals surface area contributed by atoms with Crippen LogP contribution in [0, 0.1) is 5.92 Å². The zero-order valence-electron chi connectivity index (χ0n) is 15.1. The van der Waals surface area contributed by atoms with E-state index < -0.39 is 0 Å². The minimum absolute atomic E-state index is 0.0154. The van der Waals surface area contributed by atoms with Crippen LogP contribution < -0.4 is 5.32 Å². The number of ether oxygens (including phenoxy) is 1. The third-order valence-electron chi connectivity index (χ3n) is 3.96. The molecule has 0 bridgehead atoms. The number of nitrogens with one attached hydrogen (secondary N) is 1. The van der Waals surface area contributed by atoms with E-state index in [9.17, 15) is 4.79 Å². The maximum atomic E-state index is 12.0. The molecule has 1 aliphatic heterocycles.